The van der Waals surface area contributed by atoms with Crippen molar-refractivity contribution in [2.75, 3.05) is 13.6 Å². The van der Waals surface area contributed by atoms with Gasteiger partial charge in [0.15, 0.2) is 0 Å². The number of hydrogen-bond donors (Lipinski definition) is 1. The van der Waals surface area contributed by atoms with Crippen molar-refractivity contribution in [2.24, 2.45) is 0 Å². The van der Waals surface area contributed by atoms with Crippen LogP contribution in [0.5, 0.6) is 0 Å². The average molecular weight is 228 g/mol. The number of hydrogen-bond acceptors (Lipinski definition) is 1. The van der Waals surface area contributed by atoms with Crippen LogP contribution < -0.4 is 5.32 Å². The third-order valence-corrected chi connectivity index (χ3v) is 2.05. The van der Waals surface area contributed by atoms with Gasteiger partial charge in [0, 0.05) is 13.6 Å². The van der Waals surface area contributed by atoms with Crippen molar-refractivity contribution in [3.63, 3.8) is 0 Å². The number of halogens is 2. The molecule has 0 saturated heterocycles. The van der Waals surface area contributed by atoms with Crippen molar-refractivity contribution in [3.05, 3.63) is 35.9 Å². The highest BCUT2D eigenvalue weighted by molar-refractivity contribution is 5.73. The Labute approximate surface area is 93.1 Å². The Balaban J connectivity index is 2.35. The number of carbonyl (C=O) groups is 1. The zero-order valence-electron chi connectivity index (χ0n) is 8.99. The van der Waals surface area contributed by atoms with E-state index < -0.39 is 19.0 Å². The van der Waals surface area contributed by atoms with Crippen molar-refractivity contribution < 1.29 is 13.6 Å². The van der Waals surface area contributed by atoms with Crippen LogP contribution in [0.1, 0.15) is 5.56 Å². The number of amides is 2. The minimum Gasteiger partial charge on any atom is -0.334 e. The van der Waals surface area contributed by atoms with E-state index >= 15 is 0 Å². The third-order valence-electron chi connectivity index (χ3n) is 2.05. The average Bonchev–Trinajstić information content (AvgIpc) is 2.26. The molecule has 0 spiro atoms. The van der Waals surface area contributed by atoms with Gasteiger partial charge in [-0.05, 0) is 5.56 Å². The summed E-state index contributed by atoms with van der Waals surface area (Å²) >= 11 is 0. The van der Waals surface area contributed by atoms with E-state index in [4.69, 9.17) is 0 Å². The van der Waals surface area contributed by atoms with Crippen molar-refractivity contribution in [1.82, 2.24) is 10.2 Å². The first-order valence-electron chi connectivity index (χ1n) is 4.90. The van der Waals surface area contributed by atoms with Gasteiger partial charge in [0.05, 0.1) is 6.54 Å². The van der Waals surface area contributed by atoms with Crippen molar-refractivity contribution >= 4 is 6.03 Å². The quantitative estimate of drug-likeness (QED) is 0.840. The van der Waals surface area contributed by atoms with E-state index in [1.54, 1.807) is 0 Å². The Bertz CT molecular complexity index is 330. The second-order valence-corrected chi connectivity index (χ2v) is 3.42. The summed E-state index contributed by atoms with van der Waals surface area (Å²) in [5.74, 6) is 0. The molecule has 1 N–H and O–H groups in total. The van der Waals surface area contributed by atoms with Crippen LogP contribution in [0, 0.1) is 0 Å². The summed E-state index contributed by atoms with van der Waals surface area (Å²) in [6.07, 6.45) is -2.51. The molecule has 16 heavy (non-hydrogen) atoms. The van der Waals surface area contributed by atoms with Crippen molar-refractivity contribution in [2.45, 2.75) is 13.0 Å². The zero-order chi connectivity index (χ0) is 12.0. The maximum Gasteiger partial charge on any atom is 0.317 e. The Morgan fingerprint density at radius 3 is 2.56 bits per heavy atom. The van der Waals surface area contributed by atoms with Gasteiger partial charge >= 0.3 is 6.03 Å². The normalized spacial score (nSPS) is 10.2. The van der Waals surface area contributed by atoms with E-state index in [0.29, 0.717) is 6.54 Å². The molecular weight excluding hydrogens is 214 g/mol. The molecule has 88 valence electrons. The van der Waals surface area contributed by atoms with Crippen LogP contribution in [0.25, 0.3) is 0 Å². The molecule has 0 atom stereocenters. The van der Waals surface area contributed by atoms with Crippen LogP contribution in [0.3, 0.4) is 0 Å². The molecule has 0 unspecified atom stereocenters. The van der Waals surface area contributed by atoms with Crippen LogP contribution >= 0.6 is 0 Å². The van der Waals surface area contributed by atoms with E-state index in [1.807, 2.05) is 30.3 Å². The lowest BCUT2D eigenvalue weighted by atomic mass is 10.2. The summed E-state index contributed by atoms with van der Waals surface area (Å²) in [5.41, 5.74) is 0.932. The molecule has 0 aliphatic rings. The van der Waals surface area contributed by atoms with Crippen LogP contribution in [0.15, 0.2) is 30.3 Å². The molecule has 0 aliphatic carbocycles. The van der Waals surface area contributed by atoms with Crippen LogP contribution in [-0.2, 0) is 6.54 Å². The molecule has 0 bridgehead atoms. The molecule has 5 heteroatoms. The SMILES string of the molecule is CN(CC(F)F)C(=O)NCc1ccccc1. The van der Waals surface area contributed by atoms with E-state index in [2.05, 4.69) is 5.32 Å². The van der Waals surface area contributed by atoms with Gasteiger partial charge in [-0.2, -0.15) is 0 Å². The first-order chi connectivity index (χ1) is 7.59. The maximum absolute atomic E-state index is 12.0. The number of urea groups is 1. The van der Waals surface area contributed by atoms with Gasteiger partial charge in [-0.15, -0.1) is 0 Å². The molecule has 0 aliphatic heterocycles. The Kier molecular flexibility index (Phi) is 4.69. The highest BCUT2D eigenvalue weighted by atomic mass is 19.3. The van der Waals surface area contributed by atoms with E-state index in [-0.39, 0.29) is 0 Å². The first-order valence-corrected chi connectivity index (χ1v) is 4.90. The summed E-state index contributed by atoms with van der Waals surface area (Å²) in [6.45, 7) is -0.214. The summed E-state index contributed by atoms with van der Waals surface area (Å²) in [7, 11) is 1.34. The molecule has 0 aromatic heterocycles. The van der Waals surface area contributed by atoms with Gasteiger partial charge in [0.2, 0.25) is 0 Å². The summed E-state index contributed by atoms with van der Waals surface area (Å²) in [4.78, 5) is 12.3. The van der Waals surface area contributed by atoms with Gasteiger partial charge in [0.25, 0.3) is 6.43 Å². The highest BCUT2D eigenvalue weighted by Gasteiger charge is 2.12. The van der Waals surface area contributed by atoms with E-state index in [0.717, 1.165) is 10.5 Å². The fourth-order valence-corrected chi connectivity index (χ4v) is 1.20. The summed E-state index contributed by atoms with van der Waals surface area (Å²) in [5, 5.41) is 2.56. The fraction of sp³-hybridized carbons (Fsp3) is 0.364. The molecule has 0 fully saturated rings. The van der Waals surface area contributed by atoms with Gasteiger partial charge < -0.3 is 10.2 Å². The van der Waals surface area contributed by atoms with Gasteiger partial charge in [-0.3, -0.25) is 0 Å². The fourth-order valence-electron chi connectivity index (χ4n) is 1.20. The Morgan fingerprint density at radius 2 is 2.00 bits per heavy atom. The van der Waals surface area contributed by atoms with Crippen LogP contribution in [-0.4, -0.2) is 30.9 Å². The van der Waals surface area contributed by atoms with E-state index in [1.165, 1.54) is 7.05 Å². The highest BCUT2D eigenvalue weighted by Crippen LogP contribution is 1.99. The molecule has 3 nitrogen and oxygen atoms in total. The molecule has 1 aromatic rings. The van der Waals surface area contributed by atoms with Gasteiger partial charge in [0.1, 0.15) is 0 Å². The summed E-state index contributed by atoms with van der Waals surface area (Å²) in [6, 6.07) is 8.79. The zero-order valence-corrected chi connectivity index (χ0v) is 8.99. The predicted molar refractivity (Wildman–Crippen MR) is 57.3 cm³/mol. The largest absolute Gasteiger partial charge is 0.334 e. The van der Waals surface area contributed by atoms with Gasteiger partial charge in [-0.1, -0.05) is 30.3 Å². The smallest absolute Gasteiger partial charge is 0.317 e. The van der Waals surface area contributed by atoms with Crippen LogP contribution in [0.2, 0.25) is 0 Å². The minimum atomic E-state index is -2.51. The number of alkyl halides is 2. The molecule has 0 saturated carbocycles. The summed E-state index contributed by atoms with van der Waals surface area (Å²) < 4.78 is 24.0. The molecule has 2 amide bonds. The number of nitrogens with zero attached hydrogens (tertiary/aromatic N) is 1. The Hall–Kier alpha value is -1.65. The topological polar surface area (TPSA) is 32.3 Å². The van der Waals surface area contributed by atoms with Crippen molar-refractivity contribution in [3.8, 4) is 0 Å². The first kappa shape index (κ1) is 12.4. The number of benzene rings is 1. The third kappa shape index (κ3) is 4.25. The molecule has 1 aromatic carbocycles. The standard InChI is InChI=1S/C11H14F2N2O/c1-15(8-10(12)13)11(16)14-7-9-5-3-2-4-6-9/h2-6,10H,7-8H2,1H3,(H,14,16). The number of carbonyl (C=O) groups excluding carboxylic acids is 1. The van der Waals surface area contributed by atoms with Crippen LogP contribution in [0.4, 0.5) is 13.6 Å². The number of nitrogens with one attached hydrogen (secondary N) is 1. The lowest BCUT2D eigenvalue weighted by Crippen LogP contribution is -2.39. The number of rotatable bonds is 4. The molecule has 0 heterocycles. The maximum atomic E-state index is 12.0. The minimum absolute atomic E-state index is 0.341. The Morgan fingerprint density at radius 1 is 1.38 bits per heavy atom. The molecule has 0 radical (unpaired) electrons. The molecular formula is C11H14F2N2O. The van der Waals surface area contributed by atoms with E-state index in [9.17, 15) is 13.6 Å². The van der Waals surface area contributed by atoms with Gasteiger partial charge in [-0.25, -0.2) is 13.6 Å². The second-order valence-electron chi connectivity index (χ2n) is 3.42. The lowest BCUT2D eigenvalue weighted by Gasteiger charge is -2.17. The lowest BCUT2D eigenvalue weighted by molar-refractivity contribution is 0.108. The predicted octanol–water partition coefficient (Wildman–Crippen LogP) is 2.09. The second kappa shape index (κ2) is 6.05. The monoisotopic (exact) mass is 228 g/mol. The van der Waals surface area contributed by atoms with Crippen molar-refractivity contribution in [1.29, 1.82) is 0 Å². The molecule has 1 rings (SSSR count).